The topological polar surface area (TPSA) is 35.5 Å². The zero-order valence-electron chi connectivity index (χ0n) is 8.24. The minimum atomic E-state index is -0.205. The summed E-state index contributed by atoms with van der Waals surface area (Å²) in [4.78, 5) is 10.9. The van der Waals surface area contributed by atoms with Crippen LogP contribution >= 0.6 is 15.9 Å². The van der Waals surface area contributed by atoms with Crippen molar-refractivity contribution in [1.29, 1.82) is 0 Å². The molecule has 2 atom stereocenters. The van der Waals surface area contributed by atoms with Crippen LogP contribution in [-0.2, 0) is 14.3 Å². The van der Waals surface area contributed by atoms with Gasteiger partial charge in [-0.05, 0) is 13.0 Å². The third-order valence-electron chi connectivity index (χ3n) is 1.99. The van der Waals surface area contributed by atoms with E-state index in [-0.39, 0.29) is 18.0 Å². The molecule has 0 bridgehead atoms. The number of allylic oxidation sites excluding steroid dienone is 1. The van der Waals surface area contributed by atoms with Crippen molar-refractivity contribution in [1.82, 2.24) is 0 Å². The minimum Gasteiger partial charge on any atom is -0.352 e. The maximum atomic E-state index is 10.9. The molecule has 0 N–H and O–H groups in total. The first-order valence-electron chi connectivity index (χ1n) is 4.76. The van der Waals surface area contributed by atoms with Gasteiger partial charge in [0.2, 0.25) is 0 Å². The molecule has 4 heteroatoms. The van der Waals surface area contributed by atoms with E-state index in [1.807, 2.05) is 13.0 Å². The van der Waals surface area contributed by atoms with Gasteiger partial charge in [-0.1, -0.05) is 22.0 Å². The quantitative estimate of drug-likeness (QED) is 0.542. The summed E-state index contributed by atoms with van der Waals surface area (Å²) < 4.78 is 10.8. The van der Waals surface area contributed by atoms with Crippen molar-refractivity contribution in [3.63, 3.8) is 0 Å². The summed E-state index contributed by atoms with van der Waals surface area (Å²) in [5, 5.41) is 0.658. The summed E-state index contributed by atoms with van der Waals surface area (Å²) >= 11 is 3.30. The maximum Gasteiger partial charge on any atom is 0.167 e. The normalized spacial score (nSPS) is 23.0. The SMILES string of the molecule is CCO[C@@H](CBr)OC[C@H]1C=CC(=O)C1. The maximum absolute atomic E-state index is 10.9. The largest absolute Gasteiger partial charge is 0.352 e. The van der Waals surface area contributed by atoms with E-state index < -0.39 is 0 Å². The Hall–Kier alpha value is -0.190. The Kier molecular flexibility index (Phi) is 5.37. The lowest BCUT2D eigenvalue weighted by Crippen LogP contribution is -2.22. The fourth-order valence-corrected chi connectivity index (χ4v) is 1.68. The number of hydrogen-bond donors (Lipinski definition) is 0. The summed E-state index contributed by atoms with van der Waals surface area (Å²) in [5.41, 5.74) is 0. The van der Waals surface area contributed by atoms with Crippen molar-refractivity contribution in [3.8, 4) is 0 Å². The van der Waals surface area contributed by atoms with Crippen molar-refractivity contribution in [2.75, 3.05) is 18.5 Å². The average Bonchev–Trinajstić information content (AvgIpc) is 2.59. The number of hydrogen-bond acceptors (Lipinski definition) is 3. The first-order chi connectivity index (χ1) is 6.76. The van der Waals surface area contributed by atoms with E-state index in [1.54, 1.807) is 6.08 Å². The minimum absolute atomic E-state index is 0.186. The van der Waals surface area contributed by atoms with Crippen LogP contribution in [0.15, 0.2) is 12.2 Å². The molecular formula is C10H15BrO3. The van der Waals surface area contributed by atoms with Crippen molar-refractivity contribution in [3.05, 3.63) is 12.2 Å². The third-order valence-corrected chi connectivity index (χ3v) is 2.52. The highest BCUT2D eigenvalue weighted by Gasteiger charge is 2.17. The zero-order chi connectivity index (χ0) is 10.4. The van der Waals surface area contributed by atoms with Gasteiger partial charge in [0.1, 0.15) is 0 Å². The van der Waals surface area contributed by atoms with E-state index in [0.717, 1.165) is 0 Å². The Balaban J connectivity index is 2.18. The number of alkyl halides is 1. The van der Waals surface area contributed by atoms with Crippen LogP contribution in [0, 0.1) is 5.92 Å². The van der Waals surface area contributed by atoms with Gasteiger partial charge in [0.15, 0.2) is 12.1 Å². The summed E-state index contributed by atoms with van der Waals surface area (Å²) in [6.45, 7) is 3.12. The molecule has 0 heterocycles. The van der Waals surface area contributed by atoms with Crippen molar-refractivity contribution in [2.24, 2.45) is 5.92 Å². The van der Waals surface area contributed by atoms with Gasteiger partial charge in [-0.15, -0.1) is 0 Å². The van der Waals surface area contributed by atoms with E-state index in [9.17, 15) is 4.79 Å². The van der Waals surface area contributed by atoms with E-state index in [4.69, 9.17) is 9.47 Å². The summed E-state index contributed by atoms with van der Waals surface area (Å²) in [6, 6.07) is 0. The van der Waals surface area contributed by atoms with Crippen LogP contribution in [0.2, 0.25) is 0 Å². The fraction of sp³-hybridized carbons (Fsp3) is 0.700. The number of carbonyl (C=O) groups is 1. The van der Waals surface area contributed by atoms with Gasteiger partial charge < -0.3 is 9.47 Å². The lowest BCUT2D eigenvalue weighted by Gasteiger charge is -2.16. The van der Waals surface area contributed by atoms with Crippen LogP contribution in [0.25, 0.3) is 0 Å². The van der Waals surface area contributed by atoms with Gasteiger partial charge in [-0.2, -0.15) is 0 Å². The number of rotatable bonds is 6. The van der Waals surface area contributed by atoms with Crippen LogP contribution in [-0.4, -0.2) is 30.6 Å². The number of ether oxygens (including phenoxy) is 2. The second kappa shape index (κ2) is 6.32. The number of halogens is 1. The molecule has 80 valence electrons. The molecule has 0 saturated carbocycles. The zero-order valence-corrected chi connectivity index (χ0v) is 9.83. The lowest BCUT2D eigenvalue weighted by atomic mass is 10.1. The van der Waals surface area contributed by atoms with E-state index in [0.29, 0.717) is 25.0 Å². The van der Waals surface area contributed by atoms with Crippen molar-refractivity contribution in [2.45, 2.75) is 19.6 Å². The van der Waals surface area contributed by atoms with E-state index >= 15 is 0 Å². The third kappa shape index (κ3) is 3.90. The van der Waals surface area contributed by atoms with Crippen LogP contribution in [0.4, 0.5) is 0 Å². The predicted octanol–water partition coefficient (Wildman–Crippen LogP) is 1.91. The van der Waals surface area contributed by atoms with Gasteiger partial charge in [0, 0.05) is 18.9 Å². The highest BCUT2D eigenvalue weighted by molar-refractivity contribution is 9.09. The van der Waals surface area contributed by atoms with Crippen LogP contribution in [0.1, 0.15) is 13.3 Å². The van der Waals surface area contributed by atoms with E-state index in [1.165, 1.54) is 0 Å². The lowest BCUT2D eigenvalue weighted by molar-refractivity contribution is -0.130. The van der Waals surface area contributed by atoms with Gasteiger partial charge in [-0.25, -0.2) is 0 Å². The summed E-state index contributed by atoms with van der Waals surface area (Å²) in [5.74, 6) is 0.412. The predicted molar refractivity (Wildman–Crippen MR) is 57.4 cm³/mol. The second-order valence-corrected chi connectivity index (χ2v) is 3.81. The Morgan fingerprint density at radius 2 is 2.43 bits per heavy atom. The molecule has 0 saturated heterocycles. The summed E-state index contributed by atoms with van der Waals surface area (Å²) in [6.07, 6.45) is 3.89. The van der Waals surface area contributed by atoms with Gasteiger partial charge in [0.25, 0.3) is 0 Å². The molecule has 0 radical (unpaired) electrons. The molecule has 3 nitrogen and oxygen atoms in total. The summed E-state index contributed by atoms with van der Waals surface area (Å²) in [7, 11) is 0. The molecule has 0 fully saturated rings. The van der Waals surface area contributed by atoms with Gasteiger partial charge >= 0.3 is 0 Å². The number of ketones is 1. The molecule has 0 aliphatic heterocycles. The second-order valence-electron chi connectivity index (χ2n) is 3.16. The van der Waals surface area contributed by atoms with Gasteiger partial charge in [-0.3, -0.25) is 4.79 Å². The Morgan fingerprint density at radius 3 is 2.93 bits per heavy atom. The number of carbonyl (C=O) groups excluding carboxylic acids is 1. The Morgan fingerprint density at radius 1 is 1.64 bits per heavy atom. The van der Waals surface area contributed by atoms with Gasteiger partial charge in [0.05, 0.1) is 11.9 Å². The molecule has 0 aromatic carbocycles. The van der Waals surface area contributed by atoms with Crippen LogP contribution in [0.3, 0.4) is 0 Å². The molecule has 1 rings (SSSR count). The Labute approximate surface area is 92.6 Å². The first kappa shape index (κ1) is 11.9. The smallest absolute Gasteiger partial charge is 0.167 e. The highest BCUT2D eigenvalue weighted by atomic mass is 79.9. The molecule has 1 aliphatic rings. The monoisotopic (exact) mass is 262 g/mol. The highest BCUT2D eigenvalue weighted by Crippen LogP contribution is 2.15. The fourth-order valence-electron chi connectivity index (χ4n) is 1.31. The molecule has 0 aromatic heterocycles. The van der Waals surface area contributed by atoms with Crippen molar-refractivity contribution >= 4 is 21.7 Å². The van der Waals surface area contributed by atoms with Crippen LogP contribution < -0.4 is 0 Å². The van der Waals surface area contributed by atoms with Crippen molar-refractivity contribution < 1.29 is 14.3 Å². The molecule has 0 spiro atoms. The Bertz CT molecular complexity index is 215. The van der Waals surface area contributed by atoms with E-state index in [2.05, 4.69) is 15.9 Å². The first-order valence-corrected chi connectivity index (χ1v) is 5.88. The molecule has 0 aromatic rings. The van der Waals surface area contributed by atoms with Crippen LogP contribution in [0.5, 0.6) is 0 Å². The standard InChI is InChI=1S/C10H15BrO3/c1-2-13-10(6-11)14-7-8-3-4-9(12)5-8/h3-4,8,10H,2,5-7H2,1H3/t8-,10+/m0/s1. The molecular weight excluding hydrogens is 248 g/mol. The molecule has 0 amide bonds. The molecule has 1 aliphatic carbocycles. The average molecular weight is 263 g/mol. The molecule has 0 unspecified atom stereocenters. The molecule has 14 heavy (non-hydrogen) atoms.